The quantitative estimate of drug-likeness (QED) is 0.519. The van der Waals surface area contributed by atoms with E-state index in [9.17, 15) is 46.3 Å². The first kappa shape index (κ1) is 27.8. The lowest BCUT2D eigenvalue weighted by molar-refractivity contribution is -0.141. The van der Waals surface area contributed by atoms with E-state index in [1.807, 2.05) is 0 Å². The molecule has 1 aromatic heterocycles. The maximum atomic E-state index is 14.0. The first-order valence-corrected chi connectivity index (χ1v) is 10.9. The van der Waals surface area contributed by atoms with Gasteiger partial charge in [-0.2, -0.15) is 31.6 Å². The second kappa shape index (κ2) is 9.57. The van der Waals surface area contributed by atoms with Crippen LogP contribution in [0, 0.1) is 16.7 Å². The molecule has 2 amide bonds. The minimum atomic E-state index is -5.13. The minimum Gasteiger partial charge on any atom is -0.465 e. The molecule has 1 aliphatic rings. The molecule has 1 atom stereocenters. The van der Waals surface area contributed by atoms with Gasteiger partial charge in [0.2, 0.25) is 0 Å². The van der Waals surface area contributed by atoms with Crippen molar-refractivity contribution in [1.29, 1.82) is 5.26 Å². The molecule has 2 heterocycles. The van der Waals surface area contributed by atoms with Crippen molar-refractivity contribution < 1.29 is 41.0 Å². The molecule has 0 spiro atoms. The fourth-order valence-corrected chi connectivity index (χ4v) is 4.12. The second-order valence-corrected chi connectivity index (χ2v) is 9.57. The number of carboxylic acid groups (broad SMARTS) is 1. The largest absolute Gasteiger partial charge is 0.465 e. The first-order valence-electron chi connectivity index (χ1n) is 10.9. The van der Waals surface area contributed by atoms with Crippen LogP contribution in [-0.4, -0.2) is 57.6 Å². The minimum absolute atomic E-state index is 0.132. The molecule has 13 heteroatoms. The highest BCUT2D eigenvalue weighted by molar-refractivity contribution is 5.96. The number of pyridine rings is 1. The highest BCUT2D eigenvalue weighted by Crippen LogP contribution is 2.37. The van der Waals surface area contributed by atoms with Gasteiger partial charge in [0.15, 0.2) is 5.69 Å². The van der Waals surface area contributed by atoms with E-state index in [4.69, 9.17) is 0 Å². The lowest BCUT2D eigenvalue weighted by atomic mass is 9.84. The Morgan fingerprint density at radius 1 is 1.03 bits per heavy atom. The summed E-state index contributed by atoms with van der Waals surface area (Å²) >= 11 is 0. The molecule has 1 unspecified atom stereocenters. The van der Waals surface area contributed by atoms with Crippen LogP contribution in [0.5, 0.6) is 0 Å². The van der Waals surface area contributed by atoms with Crippen molar-refractivity contribution in [3.8, 4) is 17.3 Å². The molecule has 1 aromatic carbocycles. The molecule has 1 fully saturated rings. The number of nitriles is 1. The number of rotatable bonds is 2. The van der Waals surface area contributed by atoms with Crippen molar-refractivity contribution in [1.82, 2.24) is 14.8 Å². The van der Waals surface area contributed by atoms with Gasteiger partial charge in [-0.05, 0) is 23.6 Å². The number of amides is 2. The average molecular weight is 528 g/mol. The summed E-state index contributed by atoms with van der Waals surface area (Å²) in [5, 5.41) is 19.1. The van der Waals surface area contributed by atoms with Crippen LogP contribution in [-0.2, 0) is 12.4 Å². The van der Waals surface area contributed by atoms with E-state index in [2.05, 4.69) is 4.98 Å². The SMILES string of the molecule is CC(C)(C)C1CN(C(=O)c2cc(C#N)c(-c3ccc(C(F)(F)F)cc3)nc2C(F)(F)F)CCN1C(=O)O. The molecular formula is C24H22F6N4O3. The van der Waals surface area contributed by atoms with E-state index in [1.54, 1.807) is 26.8 Å². The van der Waals surface area contributed by atoms with Crippen LogP contribution in [0.15, 0.2) is 30.3 Å². The summed E-state index contributed by atoms with van der Waals surface area (Å²) in [7, 11) is 0. The maximum Gasteiger partial charge on any atom is 0.434 e. The first-order chi connectivity index (χ1) is 16.9. The van der Waals surface area contributed by atoms with Crippen LogP contribution >= 0.6 is 0 Å². The van der Waals surface area contributed by atoms with Crippen LogP contribution in [0.3, 0.4) is 0 Å². The molecule has 37 heavy (non-hydrogen) atoms. The number of hydrogen-bond acceptors (Lipinski definition) is 4. The van der Waals surface area contributed by atoms with Gasteiger partial charge in [0.1, 0.15) is 6.07 Å². The monoisotopic (exact) mass is 528 g/mol. The number of hydrogen-bond donors (Lipinski definition) is 1. The Hall–Kier alpha value is -3.82. The van der Waals surface area contributed by atoms with Gasteiger partial charge in [-0.25, -0.2) is 9.78 Å². The summed E-state index contributed by atoms with van der Waals surface area (Å²) < 4.78 is 80.7. The van der Waals surface area contributed by atoms with E-state index in [0.717, 1.165) is 28.0 Å². The lowest BCUT2D eigenvalue weighted by Gasteiger charge is -2.46. The number of piperazine rings is 1. The van der Waals surface area contributed by atoms with Gasteiger partial charge in [0.25, 0.3) is 5.91 Å². The van der Waals surface area contributed by atoms with Gasteiger partial charge in [0.05, 0.1) is 28.4 Å². The predicted molar refractivity (Wildman–Crippen MR) is 118 cm³/mol. The lowest BCUT2D eigenvalue weighted by Crippen LogP contribution is -2.60. The molecule has 1 saturated heterocycles. The van der Waals surface area contributed by atoms with Gasteiger partial charge in [-0.3, -0.25) is 4.79 Å². The Balaban J connectivity index is 2.08. The molecular weight excluding hydrogens is 506 g/mol. The number of benzene rings is 1. The number of aromatic nitrogens is 1. The number of carbonyl (C=O) groups is 2. The van der Waals surface area contributed by atoms with Gasteiger partial charge in [-0.1, -0.05) is 32.9 Å². The maximum absolute atomic E-state index is 14.0. The summed E-state index contributed by atoms with van der Waals surface area (Å²) in [6.45, 7) is 4.70. The molecule has 1 aliphatic heterocycles. The van der Waals surface area contributed by atoms with Crippen molar-refractivity contribution in [3.63, 3.8) is 0 Å². The Morgan fingerprint density at radius 2 is 1.62 bits per heavy atom. The summed E-state index contributed by atoms with van der Waals surface area (Å²) in [4.78, 5) is 30.6. The molecule has 3 rings (SSSR count). The molecule has 1 N–H and O–H groups in total. The Bertz CT molecular complexity index is 1240. The zero-order valence-corrected chi connectivity index (χ0v) is 19.9. The van der Waals surface area contributed by atoms with E-state index in [-0.39, 0.29) is 25.2 Å². The molecule has 0 radical (unpaired) electrons. The highest BCUT2D eigenvalue weighted by atomic mass is 19.4. The zero-order valence-electron chi connectivity index (χ0n) is 19.9. The van der Waals surface area contributed by atoms with Crippen LogP contribution < -0.4 is 0 Å². The Kier molecular flexibility index (Phi) is 7.18. The second-order valence-electron chi connectivity index (χ2n) is 9.57. The van der Waals surface area contributed by atoms with Crippen molar-refractivity contribution in [2.75, 3.05) is 19.6 Å². The molecule has 0 bridgehead atoms. The van der Waals surface area contributed by atoms with Crippen molar-refractivity contribution in [2.24, 2.45) is 5.41 Å². The molecule has 7 nitrogen and oxygen atoms in total. The van der Waals surface area contributed by atoms with Crippen LogP contribution in [0.25, 0.3) is 11.3 Å². The predicted octanol–water partition coefficient (Wildman–Crippen LogP) is 5.51. The van der Waals surface area contributed by atoms with Gasteiger partial charge in [0, 0.05) is 25.2 Å². The molecule has 198 valence electrons. The standard InChI is InChI=1S/C24H22F6N4O3/c1-22(2,3)17-12-33(8-9-34(17)21(36)37)20(35)16-10-14(11-31)18(32-19(16)24(28,29)30)13-4-6-15(7-5-13)23(25,26)27/h4-7,10,17H,8-9,12H2,1-3H3,(H,36,37). The Morgan fingerprint density at radius 3 is 2.08 bits per heavy atom. The fourth-order valence-electron chi connectivity index (χ4n) is 4.12. The number of nitrogens with zero attached hydrogens (tertiary/aromatic N) is 4. The number of alkyl halides is 6. The highest BCUT2D eigenvalue weighted by Gasteiger charge is 2.43. The number of halogens is 6. The van der Waals surface area contributed by atoms with Crippen LogP contribution in [0.2, 0.25) is 0 Å². The van der Waals surface area contributed by atoms with Crippen molar-refractivity contribution in [2.45, 2.75) is 39.2 Å². The molecule has 0 aliphatic carbocycles. The van der Waals surface area contributed by atoms with E-state index in [0.29, 0.717) is 12.1 Å². The summed E-state index contributed by atoms with van der Waals surface area (Å²) in [5.41, 5.74) is -5.32. The number of carbonyl (C=O) groups excluding carboxylic acids is 1. The van der Waals surface area contributed by atoms with Crippen LogP contribution in [0.4, 0.5) is 31.1 Å². The van der Waals surface area contributed by atoms with Gasteiger partial charge >= 0.3 is 18.4 Å². The van der Waals surface area contributed by atoms with Crippen LogP contribution in [0.1, 0.15) is 48.0 Å². The molecule has 2 aromatic rings. The van der Waals surface area contributed by atoms with E-state index >= 15 is 0 Å². The third-order valence-corrected chi connectivity index (χ3v) is 6.04. The molecule has 0 saturated carbocycles. The summed E-state index contributed by atoms with van der Waals surface area (Å²) in [6, 6.07) is 4.76. The van der Waals surface area contributed by atoms with Crippen molar-refractivity contribution in [3.05, 3.63) is 52.7 Å². The van der Waals surface area contributed by atoms with Gasteiger partial charge < -0.3 is 14.9 Å². The summed E-state index contributed by atoms with van der Waals surface area (Å²) in [6.07, 6.45) is -11.0. The summed E-state index contributed by atoms with van der Waals surface area (Å²) in [5.74, 6) is -1.09. The average Bonchev–Trinajstić information content (AvgIpc) is 2.80. The third kappa shape index (κ3) is 5.79. The third-order valence-electron chi connectivity index (χ3n) is 6.04. The van der Waals surface area contributed by atoms with E-state index < -0.39 is 63.9 Å². The van der Waals surface area contributed by atoms with E-state index in [1.165, 1.54) is 0 Å². The smallest absolute Gasteiger partial charge is 0.434 e. The zero-order chi connectivity index (χ0) is 27.9. The van der Waals surface area contributed by atoms with Crippen molar-refractivity contribution >= 4 is 12.0 Å². The topological polar surface area (TPSA) is 97.5 Å². The fraction of sp³-hybridized carbons (Fsp3) is 0.417. The Labute approximate surface area is 207 Å². The normalized spacial score (nSPS) is 16.9. The van der Waals surface area contributed by atoms with Gasteiger partial charge in [-0.15, -0.1) is 0 Å².